The molecule has 3 rings (SSSR count). The molecule has 2 aromatic rings. The van der Waals surface area contributed by atoms with E-state index < -0.39 is 10.0 Å². The van der Waals surface area contributed by atoms with E-state index in [1.807, 2.05) is 13.8 Å². The van der Waals surface area contributed by atoms with Crippen molar-refractivity contribution in [1.82, 2.24) is 4.31 Å². The molecule has 1 aliphatic heterocycles. The minimum atomic E-state index is -3.49. The number of hydrogen-bond acceptors (Lipinski definition) is 4. The summed E-state index contributed by atoms with van der Waals surface area (Å²) in [5, 5.41) is 9.83. The smallest absolute Gasteiger partial charge is 0.243 e. The molecular formula is C22H25NO4S. The number of aryl methyl sites for hydroxylation is 2. The molecule has 5 nitrogen and oxygen atoms in total. The van der Waals surface area contributed by atoms with Crippen molar-refractivity contribution in [3.05, 3.63) is 64.7 Å². The third kappa shape index (κ3) is 4.34. The lowest BCUT2D eigenvalue weighted by molar-refractivity contribution is 0.104. The molecule has 0 spiro atoms. The van der Waals surface area contributed by atoms with Gasteiger partial charge in [0.05, 0.1) is 4.90 Å². The molecular weight excluding hydrogens is 374 g/mol. The Bertz CT molecular complexity index is 978. The summed E-state index contributed by atoms with van der Waals surface area (Å²) < 4.78 is 26.9. The Kier molecular flexibility index (Phi) is 6.01. The van der Waals surface area contributed by atoms with E-state index in [0.29, 0.717) is 18.7 Å². The van der Waals surface area contributed by atoms with Crippen molar-refractivity contribution in [3.8, 4) is 5.75 Å². The molecule has 2 aromatic carbocycles. The zero-order chi connectivity index (χ0) is 20.3. The largest absolute Gasteiger partial charge is 0.507 e. The van der Waals surface area contributed by atoms with Gasteiger partial charge in [-0.3, -0.25) is 4.79 Å². The molecule has 0 amide bonds. The zero-order valence-corrected chi connectivity index (χ0v) is 17.0. The number of sulfonamides is 1. The van der Waals surface area contributed by atoms with Gasteiger partial charge in [0.1, 0.15) is 5.75 Å². The number of allylic oxidation sites excluding steroid dienone is 1. The van der Waals surface area contributed by atoms with E-state index in [-0.39, 0.29) is 16.4 Å². The van der Waals surface area contributed by atoms with Gasteiger partial charge in [-0.2, -0.15) is 4.31 Å². The number of phenolic OH excluding ortho intramolecular Hbond substituents is 1. The van der Waals surface area contributed by atoms with Gasteiger partial charge in [-0.15, -0.1) is 0 Å². The van der Waals surface area contributed by atoms with Crippen LogP contribution >= 0.6 is 0 Å². The van der Waals surface area contributed by atoms with Crippen LogP contribution in [0.25, 0.3) is 6.08 Å². The van der Waals surface area contributed by atoms with Crippen LogP contribution in [0.4, 0.5) is 0 Å². The molecule has 0 unspecified atom stereocenters. The maximum absolute atomic E-state index is 12.7. The Morgan fingerprint density at radius 1 is 1.00 bits per heavy atom. The van der Waals surface area contributed by atoms with Gasteiger partial charge in [-0.25, -0.2) is 8.42 Å². The summed E-state index contributed by atoms with van der Waals surface area (Å²) >= 11 is 0. The Labute approximate surface area is 166 Å². The number of carbonyl (C=O) groups excluding carboxylic acids is 1. The van der Waals surface area contributed by atoms with Gasteiger partial charge in [0.25, 0.3) is 0 Å². The molecule has 0 atom stereocenters. The highest BCUT2D eigenvalue weighted by atomic mass is 32.2. The molecule has 1 saturated heterocycles. The molecule has 1 fully saturated rings. The van der Waals surface area contributed by atoms with E-state index in [4.69, 9.17) is 0 Å². The van der Waals surface area contributed by atoms with Crippen molar-refractivity contribution in [2.24, 2.45) is 0 Å². The van der Waals surface area contributed by atoms with Crippen LogP contribution in [0, 0.1) is 13.8 Å². The molecule has 1 N–H and O–H groups in total. The van der Waals surface area contributed by atoms with Crippen LogP contribution in [0.15, 0.2) is 47.4 Å². The van der Waals surface area contributed by atoms with Crippen LogP contribution in [0.5, 0.6) is 5.75 Å². The Balaban J connectivity index is 1.75. The lowest BCUT2D eigenvalue weighted by Crippen LogP contribution is -2.35. The van der Waals surface area contributed by atoms with Crippen LogP contribution in [-0.4, -0.2) is 36.7 Å². The molecule has 6 heteroatoms. The van der Waals surface area contributed by atoms with E-state index >= 15 is 0 Å². The Hall–Kier alpha value is -2.44. The second kappa shape index (κ2) is 8.29. The van der Waals surface area contributed by atoms with E-state index in [2.05, 4.69) is 0 Å². The zero-order valence-electron chi connectivity index (χ0n) is 16.2. The Morgan fingerprint density at radius 3 is 2.14 bits per heavy atom. The van der Waals surface area contributed by atoms with Crippen molar-refractivity contribution < 1.29 is 18.3 Å². The molecule has 28 heavy (non-hydrogen) atoms. The van der Waals surface area contributed by atoms with E-state index in [1.54, 1.807) is 30.3 Å². The van der Waals surface area contributed by atoms with Gasteiger partial charge >= 0.3 is 0 Å². The minimum absolute atomic E-state index is 0.203. The predicted octanol–water partition coefficient (Wildman–Crippen LogP) is 4.08. The molecule has 1 aliphatic rings. The average molecular weight is 400 g/mol. The number of rotatable bonds is 5. The van der Waals surface area contributed by atoms with Gasteiger partial charge in [-0.1, -0.05) is 12.5 Å². The Morgan fingerprint density at radius 2 is 1.57 bits per heavy atom. The number of benzene rings is 2. The third-order valence-corrected chi connectivity index (χ3v) is 6.95. The van der Waals surface area contributed by atoms with Crippen molar-refractivity contribution >= 4 is 21.9 Å². The molecule has 148 valence electrons. The fourth-order valence-electron chi connectivity index (χ4n) is 3.40. The molecule has 0 aliphatic carbocycles. The van der Waals surface area contributed by atoms with E-state index in [9.17, 15) is 18.3 Å². The first-order valence-corrected chi connectivity index (χ1v) is 10.9. The average Bonchev–Trinajstić information content (AvgIpc) is 2.70. The summed E-state index contributed by atoms with van der Waals surface area (Å²) in [5.41, 5.74) is 2.75. The van der Waals surface area contributed by atoms with E-state index in [1.165, 1.54) is 22.5 Å². The summed E-state index contributed by atoms with van der Waals surface area (Å²) in [5.74, 6) is 0.0549. The first kappa shape index (κ1) is 20.3. The number of piperidine rings is 1. The highest BCUT2D eigenvalue weighted by molar-refractivity contribution is 7.89. The predicted molar refractivity (Wildman–Crippen MR) is 110 cm³/mol. The molecule has 0 aromatic heterocycles. The lowest BCUT2D eigenvalue weighted by Gasteiger charge is -2.25. The van der Waals surface area contributed by atoms with Crippen molar-refractivity contribution in [2.75, 3.05) is 13.1 Å². The molecule has 1 heterocycles. The SMILES string of the molecule is Cc1cc(/C=C/C(=O)c2ccc(S(=O)(=O)N3CCCCC3)cc2)cc(C)c1O. The van der Waals surface area contributed by atoms with Crippen molar-refractivity contribution in [2.45, 2.75) is 38.0 Å². The highest BCUT2D eigenvalue weighted by Crippen LogP contribution is 2.24. The highest BCUT2D eigenvalue weighted by Gasteiger charge is 2.25. The van der Waals surface area contributed by atoms with Crippen LogP contribution in [0.1, 0.15) is 46.3 Å². The monoisotopic (exact) mass is 399 g/mol. The first-order valence-electron chi connectivity index (χ1n) is 9.42. The maximum Gasteiger partial charge on any atom is 0.243 e. The van der Waals surface area contributed by atoms with Crippen LogP contribution in [-0.2, 0) is 10.0 Å². The summed E-state index contributed by atoms with van der Waals surface area (Å²) in [7, 11) is -3.49. The summed E-state index contributed by atoms with van der Waals surface area (Å²) in [4.78, 5) is 12.6. The lowest BCUT2D eigenvalue weighted by atomic mass is 10.0. The second-order valence-corrected chi connectivity index (χ2v) is 9.13. The quantitative estimate of drug-likeness (QED) is 0.607. The molecule has 0 bridgehead atoms. The fraction of sp³-hybridized carbons (Fsp3) is 0.318. The third-order valence-electron chi connectivity index (χ3n) is 5.03. The molecule has 0 radical (unpaired) electrons. The summed E-state index contributed by atoms with van der Waals surface area (Å²) in [6.07, 6.45) is 5.99. The maximum atomic E-state index is 12.7. The van der Waals surface area contributed by atoms with Crippen molar-refractivity contribution in [3.63, 3.8) is 0 Å². The van der Waals surface area contributed by atoms with E-state index in [0.717, 1.165) is 36.0 Å². The molecule has 0 saturated carbocycles. The van der Waals surface area contributed by atoms with Gasteiger partial charge in [0, 0.05) is 18.7 Å². The second-order valence-electron chi connectivity index (χ2n) is 7.19. The van der Waals surface area contributed by atoms with Gasteiger partial charge in [0.15, 0.2) is 5.78 Å². The number of aromatic hydroxyl groups is 1. The number of carbonyl (C=O) groups is 1. The number of nitrogens with zero attached hydrogens (tertiary/aromatic N) is 1. The van der Waals surface area contributed by atoms with Gasteiger partial charge in [0.2, 0.25) is 10.0 Å². The topological polar surface area (TPSA) is 74.7 Å². The van der Waals surface area contributed by atoms with Gasteiger partial charge < -0.3 is 5.11 Å². The standard InChI is InChI=1S/C22H25NO4S/c1-16-14-18(15-17(2)22(16)25)6-11-21(24)19-7-9-20(10-8-19)28(26,27)23-12-4-3-5-13-23/h6-11,14-15,25H,3-5,12-13H2,1-2H3/b11-6+. The fourth-order valence-corrected chi connectivity index (χ4v) is 4.92. The van der Waals surface area contributed by atoms with Crippen molar-refractivity contribution in [1.29, 1.82) is 0 Å². The normalized spacial score (nSPS) is 15.8. The summed E-state index contributed by atoms with van der Waals surface area (Å²) in [6.45, 7) is 4.72. The van der Waals surface area contributed by atoms with Gasteiger partial charge in [-0.05, 0) is 85.9 Å². The van der Waals surface area contributed by atoms with Crippen LogP contribution < -0.4 is 0 Å². The van der Waals surface area contributed by atoms with Crippen LogP contribution in [0.3, 0.4) is 0 Å². The minimum Gasteiger partial charge on any atom is -0.507 e. The number of phenols is 1. The van der Waals surface area contributed by atoms with Crippen LogP contribution in [0.2, 0.25) is 0 Å². The summed E-state index contributed by atoms with van der Waals surface area (Å²) in [6, 6.07) is 9.72. The number of hydrogen-bond donors (Lipinski definition) is 1. The number of ketones is 1. The first-order chi connectivity index (χ1) is 13.3.